The molecule has 0 spiro atoms. The van der Waals surface area contributed by atoms with Crippen molar-refractivity contribution in [3.8, 4) is 0 Å². The average Bonchev–Trinajstić information content (AvgIpc) is 2.35. The summed E-state index contributed by atoms with van der Waals surface area (Å²) < 4.78 is 0. The number of isothiocyanates is 1. The van der Waals surface area contributed by atoms with Crippen molar-refractivity contribution in [1.82, 2.24) is 4.98 Å². The van der Waals surface area contributed by atoms with E-state index in [0.717, 1.165) is 11.3 Å². The fraction of sp³-hybridized carbons (Fsp3) is 0.0769. The second kappa shape index (κ2) is 7.46. The lowest BCUT2D eigenvalue weighted by Crippen LogP contribution is -1.69. The highest BCUT2D eigenvalue weighted by Crippen LogP contribution is 2.15. The minimum atomic E-state index is 0.900. The molecule has 0 bridgehead atoms. The number of thiocarbonyl (C=S) groups is 1. The number of para-hydroxylation sites is 1. The molecule has 0 unspecified atom stereocenters. The highest BCUT2D eigenvalue weighted by molar-refractivity contribution is 7.78. The van der Waals surface area contributed by atoms with Crippen LogP contribution in [0.25, 0.3) is 0 Å². The van der Waals surface area contributed by atoms with Crippen LogP contribution in [0.4, 0.5) is 5.69 Å². The Bertz CT molecular complexity index is 436. The Hall–Kier alpha value is -1.83. The van der Waals surface area contributed by atoms with Crippen LogP contribution >= 0.6 is 12.2 Å². The van der Waals surface area contributed by atoms with Gasteiger partial charge in [0.2, 0.25) is 0 Å². The molecule has 1 heterocycles. The highest BCUT2D eigenvalue weighted by atomic mass is 32.1. The second-order valence-corrected chi connectivity index (χ2v) is 3.20. The zero-order chi connectivity index (χ0) is 11.6. The molecule has 1 aromatic heterocycles. The van der Waals surface area contributed by atoms with Gasteiger partial charge >= 0.3 is 0 Å². The predicted octanol–water partition coefficient (Wildman–Crippen LogP) is 3.81. The minimum Gasteiger partial charge on any atom is -0.265 e. The van der Waals surface area contributed by atoms with Gasteiger partial charge in [-0.2, -0.15) is 4.99 Å². The molecule has 0 saturated carbocycles. The van der Waals surface area contributed by atoms with Crippen LogP contribution in [0.3, 0.4) is 0 Å². The molecule has 1 aromatic carbocycles. The Morgan fingerprint density at radius 1 is 1.06 bits per heavy atom. The average molecular weight is 228 g/mol. The standard InChI is InChI=1S/C8H7NS.C5H5N/c1-7-4-2-3-5-8(7)9-6-10;1-2-4-6-5-3-1/h2-5H,1H3;1-5H. The number of benzene rings is 1. The molecule has 2 nitrogen and oxygen atoms in total. The molecule has 0 atom stereocenters. The lowest BCUT2D eigenvalue weighted by atomic mass is 10.2. The Balaban J connectivity index is 0.000000181. The maximum atomic E-state index is 4.48. The monoisotopic (exact) mass is 228 g/mol. The van der Waals surface area contributed by atoms with Gasteiger partial charge in [0.15, 0.2) is 0 Å². The molecule has 0 saturated heterocycles. The smallest absolute Gasteiger partial charge is 0.0768 e. The minimum absolute atomic E-state index is 0.900. The van der Waals surface area contributed by atoms with Crippen LogP contribution in [0.2, 0.25) is 0 Å². The second-order valence-electron chi connectivity index (χ2n) is 3.01. The van der Waals surface area contributed by atoms with E-state index in [4.69, 9.17) is 0 Å². The van der Waals surface area contributed by atoms with Crippen LogP contribution in [-0.4, -0.2) is 10.1 Å². The summed E-state index contributed by atoms with van der Waals surface area (Å²) in [5.41, 5.74) is 2.03. The fourth-order valence-corrected chi connectivity index (χ4v) is 1.15. The molecule has 80 valence electrons. The van der Waals surface area contributed by atoms with Crippen molar-refractivity contribution in [1.29, 1.82) is 0 Å². The van der Waals surface area contributed by atoms with E-state index in [1.807, 2.05) is 49.4 Å². The molecular weight excluding hydrogens is 216 g/mol. The number of aryl methyl sites for hydroxylation is 1. The Kier molecular flexibility index (Phi) is 5.71. The number of aliphatic imine (C=N–C) groups is 1. The Labute approximate surface area is 101 Å². The Morgan fingerprint density at radius 3 is 2.19 bits per heavy atom. The first kappa shape index (κ1) is 12.2. The van der Waals surface area contributed by atoms with E-state index in [-0.39, 0.29) is 0 Å². The number of pyridine rings is 1. The molecule has 3 heteroatoms. The van der Waals surface area contributed by atoms with Crippen molar-refractivity contribution in [2.45, 2.75) is 6.92 Å². The summed E-state index contributed by atoms with van der Waals surface area (Å²) in [5, 5.41) is 2.33. The van der Waals surface area contributed by atoms with Gasteiger partial charge in [0.1, 0.15) is 0 Å². The first-order valence-corrected chi connectivity index (χ1v) is 5.24. The molecule has 16 heavy (non-hydrogen) atoms. The Morgan fingerprint density at radius 2 is 1.75 bits per heavy atom. The third-order valence-corrected chi connectivity index (χ3v) is 1.94. The molecule has 2 rings (SSSR count). The lowest BCUT2D eigenvalue weighted by Gasteiger charge is -1.93. The zero-order valence-electron chi connectivity index (χ0n) is 9.00. The number of hydrogen-bond acceptors (Lipinski definition) is 3. The van der Waals surface area contributed by atoms with Crippen LogP contribution in [0.1, 0.15) is 5.56 Å². The largest absolute Gasteiger partial charge is 0.265 e. The van der Waals surface area contributed by atoms with Crippen LogP contribution in [0.5, 0.6) is 0 Å². The van der Waals surface area contributed by atoms with E-state index in [0.29, 0.717) is 0 Å². The summed E-state index contributed by atoms with van der Waals surface area (Å²) in [4.78, 5) is 7.66. The number of hydrogen-bond donors (Lipinski definition) is 0. The summed E-state index contributed by atoms with van der Waals surface area (Å²) in [5.74, 6) is 0. The van der Waals surface area contributed by atoms with Gasteiger partial charge in [0, 0.05) is 12.4 Å². The van der Waals surface area contributed by atoms with Crippen LogP contribution < -0.4 is 0 Å². The summed E-state index contributed by atoms with van der Waals surface area (Å²) in [7, 11) is 0. The maximum absolute atomic E-state index is 4.48. The van der Waals surface area contributed by atoms with Crippen molar-refractivity contribution in [2.24, 2.45) is 4.99 Å². The lowest BCUT2D eigenvalue weighted by molar-refractivity contribution is 1.33. The normalized spacial score (nSPS) is 8.31. The van der Waals surface area contributed by atoms with Gasteiger partial charge in [0.05, 0.1) is 10.8 Å². The van der Waals surface area contributed by atoms with Crippen molar-refractivity contribution < 1.29 is 0 Å². The molecule has 0 radical (unpaired) electrons. The number of rotatable bonds is 1. The first-order valence-electron chi connectivity index (χ1n) is 4.83. The molecule has 0 aliphatic carbocycles. The van der Waals surface area contributed by atoms with E-state index in [9.17, 15) is 0 Å². The van der Waals surface area contributed by atoms with E-state index < -0.39 is 0 Å². The van der Waals surface area contributed by atoms with Gasteiger partial charge in [-0.3, -0.25) is 4.98 Å². The molecule has 0 amide bonds. The van der Waals surface area contributed by atoms with Crippen LogP contribution in [-0.2, 0) is 0 Å². The molecule has 0 fully saturated rings. The van der Waals surface area contributed by atoms with Gasteiger partial charge in [-0.1, -0.05) is 24.3 Å². The van der Waals surface area contributed by atoms with Crippen molar-refractivity contribution in [3.63, 3.8) is 0 Å². The third-order valence-electron chi connectivity index (χ3n) is 1.85. The van der Waals surface area contributed by atoms with E-state index >= 15 is 0 Å². The van der Waals surface area contributed by atoms with Gasteiger partial charge in [0.25, 0.3) is 0 Å². The third kappa shape index (κ3) is 4.60. The van der Waals surface area contributed by atoms with Gasteiger partial charge in [-0.25, -0.2) is 0 Å². The molecule has 0 N–H and O–H groups in total. The SMILES string of the molecule is Cc1ccccc1N=C=S.c1ccncc1. The summed E-state index contributed by atoms with van der Waals surface area (Å²) in [6, 6.07) is 13.5. The molecule has 2 aromatic rings. The topological polar surface area (TPSA) is 25.2 Å². The van der Waals surface area contributed by atoms with E-state index in [1.165, 1.54) is 0 Å². The maximum Gasteiger partial charge on any atom is 0.0768 e. The van der Waals surface area contributed by atoms with E-state index in [2.05, 4.69) is 27.4 Å². The van der Waals surface area contributed by atoms with Crippen molar-refractivity contribution in [2.75, 3.05) is 0 Å². The molecule has 0 aliphatic rings. The quantitative estimate of drug-likeness (QED) is 0.547. The van der Waals surface area contributed by atoms with Gasteiger partial charge in [-0.05, 0) is 42.9 Å². The summed E-state index contributed by atoms with van der Waals surface area (Å²) in [6.07, 6.45) is 3.50. The first-order chi connectivity index (χ1) is 7.84. The molecule has 0 aliphatic heterocycles. The van der Waals surface area contributed by atoms with Gasteiger partial charge < -0.3 is 0 Å². The van der Waals surface area contributed by atoms with Crippen LogP contribution in [0, 0.1) is 6.92 Å². The summed E-state index contributed by atoms with van der Waals surface area (Å²) >= 11 is 4.48. The summed E-state index contributed by atoms with van der Waals surface area (Å²) in [6.45, 7) is 1.99. The number of nitrogens with zero attached hydrogens (tertiary/aromatic N) is 2. The zero-order valence-corrected chi connectivity index (χ0v) is 9.82. The predicted molar refractivity (Wildman–Crippen MR) is 70.1 cm³/mol. The van der Waals surface area contributed by atoms with Crippen LogP contribution in [0.15, 0.2) is 59.9 Å². The van der Waals surface area contributed by atoms with Crippen molar-refractivity contribution >= 4 is 23.1 Å². The fourth-order valence-electron chi connectivity index (χ4n) is 1.05. The van der Waals surface area contributed by atoms with Gasteiger partial charge in [-0.15, -0.1) is 0 Å². The highest BCUT2D eigenvalue weighted by Gasteiger charge is 1.89. The number of aromatic nitrogens is 1. The van der Waals surface area contributed by atoms with Crippen molar-refractivity contribution in [3.05, 3.63) is 60.4 Å². The van der Waals surface area contributed by atoms with E-state index in [1.54, 1.807) is 12.4 Å². The molecular formula is C13H12N2S.